The molecule has 0 bridgehead atoms. The third kappa shape index (κ3) is 5.33. The fourth-order valence-electron chi connectivity index (χ4n) is 4.69. The first-order valence-electron chi connectivity index (χ1n) is 11.6. The van der Waals surface area contributed by atoms with E-state index in [9.17, 15) is 18.4 Å². The van der Waals surface area contributed by atoms with Crippen LogP contribution in [0.1, 0.15) is 47.2 Å². The Bertz CT molecular complexity index is 1090. The van der Waals surface area contributed by atoms with Gasteiger partial charge in [-0.2, -0.15) is 0 Å². The first kappa shape index (κ1) is 23.6. The summed E-state index contributed by atoms with van der Waals surface area (Å²) < 4.78 is 27.2. The minimum atomic E-state index is -0.869. The lowest BCUT2D eigenvalue weighted by atomic mass is 9.85. The zero-order valence-electron chi connectivity index (χ0n) is 19.1. The predicted molar refractivity (Wildman–Crippen MR) is 127 cm³/mol. The highest BCUT2D eigenvalue weighted by Gasteiger charge is 2.31. The van der Waals surface area contributed by atoms with E-state index in [1.54, 1.807) is 0 Å². The topological polar surface area (TPSA) is 49.4 Å². The smallest absolute Gasteiger partial charge is 0.256 e. The number of nitrogens with one attached hydrogen (secondary N) is 1. The highest BCUT2D eigenvalue weighted by atomic mass is 19.1. The van der Waals surface area contributed by atoms with Gasteiger partial charge in [0.2, 0.25) is 5.91 Å². The first-order valence-corrected chi connectivity index (χ1v) is 11.6. The molecule has 0 spiro atoms. The summed E-state index contributed by atoms with van der Waals surface area (Å²) in [4.78, 5) is 27.3. The van der Waals surface area contributed by atoms with E-state index in [-0.39, 0.29) is 29.3 Å². The minimum absolute atomic E-state index is 0.00877. The summed E-state index contributed by atoms with van der Waals surface area (Å²) in [6.45, 7) is 2.71. The summed E-state index contributed by atoms with van der Waals surface area (Å²) in [5.74, 6) is -2.32. The first-order chi connectivity index (χ1) is 16.4. The Hall–Kier alpha value is -3.54. The third-order valence-corrected chi connectivity index (χ3v) is 6.50. The minimum Gasteiger partial charge on any atom is -0.352 e. The highest BCUT2D eigenvalue weighted by molar-refractivity contribution is 5.94. The van der Waals surface area contributed by atoms with Gasteiger partial charge < -0.3 is 10.2 Å². The maximum Gasteiger partial charge on any atom is 0.256 e. The molecule has 6 heteroatoms. The lowest BCUT2D eigenvalue weighted by Gasteiger charge is -2.33. The number of rotatable bonds is 6. The van der Waals surface area contributed by atoms with Crippen molar-refractivity contribution < 1.29 is 18.4 Å². The Balaban J connectivity index is 1.39. The number of benzene rings is 3. The number of likely N-dealkylation sites (tertiary alicyclic amines) is 1. The standard InChI is InChI=1S/C28H28F2N2O2/c1-19(26(20-8-4-2-5-9-20)21-10-6-3-7-11-21)31-27(33)22-14-16-32(17-15-22)28(34)24-13-12-23(29)18-25(24)30/h2-13,18-19,22,26H,14-17H2,1H3,(H,31,33)/t19-/m1/s1. The molecule has 0 radical (unpaired) electrons. The lowest BCUT2D eigenvalue weighted by Crippen LogP contribution is -2.46. The van der Waals surface area contributed by atoms with E-state index >= 15 is 0 Å². The number of piperidine rings is 1. The fraction of sp³-hybridized carbons (Fsp3) is 0.286. The molecule has 1 heterocycles. The number of amides is 2. The van der Waals surface area contributed by atoms with Crippen LogP contribution in [0.2, 0.25) is 0 Å². The zero-order valence-corrected chi connectivity index (χ0v) is 19.1. The molecule has 0 saturated carbocycles. The Morgan fingerprint density at radius 3 is 1.97 bits per heavy atom. The number of hydrogen-bond acceptors (Lipinski definition) is 2. The Labute approximate surface area is 198 Å². The quantitative estimate of drug-likeness (QED) is 0.551. The van der Waals surface area contributed by atoms with E-state index in [2.05, 4.69) is 29.6 Å². The van der Waals surface area contributed by atoms with Gasteiger partial charge in [0.25, 0.3) is 5.91 Å². The van der Waals surface area contributed by atoms with Gasteiger partial charge in [-0.05, 0) is 43.0 Å². The van der Waals surface area contributed by atoms with E-state index < -0.39 is 17.5 Å². The van der Waals surface area contributed by atoms with Crippen LogP contribution in [0.15, 0.2) is 78.9 Å². The number of carbonyl (C=O) groups is 2. The number of halogens is 2. The Morgan fingerprint density at radius 1 is 0.882 bits per heavy atom. The number of hydrogen-bond donors (Lipinski definition) is 1. The van der Waals surface area contributed by atoms with Crippen LogP contribution < -0.4 is 5.32 Å². The maximum atomic E-state index is 14.0. The van der Waals surface area contributed by atoms with Crippen LogP contribution >= 0.6 is 0 Å². The summed E-state index contributed by atoms with van der Waals surface area (Å²) in [6.07, 6.45) is 0.989. The summed E-state index contributed by atoms with van der Waals surface area (Å²) in [6, 6.07) is 23.0. The largest absolute Gasteiger partial charge is 0.352 e. The van der Waals surface area contributed by atoms with Gasteiger partial charge in [-0.25, -0.2) is 8.78 Å². The summed E-state index contributed by atoms with van der Waals surface area (Å²) >= 11 is 0. The molecule has 34 heavy (non-hydrogen) atoms. The zero-order chi connectivity index (χ0) is 24.1. The second-order valence-electron chi connectivity index (χ2n) is 8.79. The summed E-state index contributed by atoms with van der Waals surface area (Å²) in [5, 5.41) is 3.19. The molecule has 3 aromatic rings. The molecule has 4 rings (SSSR count). The average Bonchev–Trinajstić information content (AvgIpc) is 2.85. The van der Waals surface area contributed by atoms with Gasteiger partial charge in [-0.3, -0.25) is 9.59 Å². The molecule has 1 aliphatic rings. The molecular formula is C28H28F2N2O2. The Morgan fingerprint density at radius 2 is 1.44 bits per heavy atom. The highest BCUT2D eigenvalue weighted by Crippen LogP contribution is 2.29. The number of nitrogens with zero attached hydrogens (tertiary/aromatic N) is 1. The molecule has 3 aromatic carbocycles. The van der Waals surface area contributed by atoms with Crippen LogP contribution in [0, 0.1) is 17.6 Å². The molecule has 1 atom stereocenters. The van der Waals surface area contributed by atoms with Crippen LogP contribution in [0.3, 0.4) is 0 Å². The molecule has 1 N–H and O–H groups in total. The summed E-state index contributed by atoms with van der Waals surface area (Å²) in [5.41, 5.74) is 2.11. The van der Waals surface area contributed by atoms with Crippen LogP contribution in [0.25, 0.3) is 0 Å². The number of carbonyl (C=O) groups excluding carboxylic acids is 2. The molecule has 176 valence electrons. The van der Waals surface area contributed by atoms with Crippen LogP contribution in [-0.2, 0) is 4.79 Å². The molecule has 0 unspecified atom stereocenters. The second kappa shape index (κ2) is 10.6. The lowest BCUT2D eigenvalue weighted by molar-refractivity contribution is -0.127. The van der Waals surface area contributed by atoms with Gasteiger partial charge in [0.15, 0.2) is 0 Å². The average molecular weight is 463 g/mol. The normalized spacial score (nSPS) is 15.2. The summed E-state index contributed by atoms with van der Waals surface area (Å²) in [7, 11) is 0. The van der Waals surface area contributed by atoms with E-state index in [4.69, 9.17) is 0 Å². The molecule has 1 fully saturated rings. The molecule has 1 aliphatic heterocycles. The second-order valence-corrected chi connectivity index (χ2v) is 8.79. The van der Waals surface area contributed by atoms with Crippen LogP contribution in [0.5, 0.6) is 0 Å². The predicted octanol–water partition coefficient (Wildman–Crippen LogP) is 5.15. The van der Waals surface area contributed by atoms with E-state index in [1.807, 2.05) is 43.3 Å². The van der Waals surface area contributed by atoms with Crippen molar-refractivity contribution in [3.8, 4) is 0 Å². The third-order valence-electron chi connectivity index (χ3n) is 6.50. The van der Waals surface area contributed by atoms with Crippen molar-refractivity contribution in [2.75, 3.05) is 13.1 Å². The van der Waals surface area contributed by atoms with Crippen LogP contribution in [0.4, 0.5) is 8.78 Å². The van der Waals surface area contributed by atoms with Crippen molar-refractivity contribution >= 4 is 11.8 Å². The molecule has 0 aromatic heterocycles. The van der Waals surface area contributed by atoms with Crippen molar-refractivity contribution in [3.63, 3.8) is 0 Å². The van der Waals surface area contributed by atoms with Crippen molar-refractivity contribution in [3.05, 3.63) is 107 Å². The van der Waals surface area contributed by atoms with Gasteiger partial charge in [0, 0.05) is 37.0 Å². The van der Waals surface area contributed by atoms with Crippen molar-refractivity contribution in [2.45, 2.75) is 31.7 Å². The molecule has 0 aliphatic carbocycles. The van der Waals surface area contributed by atoms with Crippen molar-refractivity contribution in [2.24, 2.45) is 5.92 Å². The van der Waals surface area contributed by atoms with Crippen molar-refractivity contribution in [1.82, 2.24) is 10.2 Å². The van der Waals surface area contributed by atoms with Gasteiger partial charge in [-0.1, -0.05) is 60.7 Å². The van der Waals surface area contributed by atoms with E-state index in [0.29, 0.717) is 32.0 Å². The van der Waals surface area contributed by atoms with Crippen molar-refractivity contribution in [1.29, 1.82) is 0 Å². The fourth-order valence-corrected chi connectivity index (χ4v) is 4.69. The molecular weight excluding hydrogens is 434 g/mol. The van der Waals surface area contributed by atoms with Gasteiger partial charge in [-0.15, -0.1) is 0 Å². The molecule has 4 nitrogen and oxygen atoms in total. The molecule has 1 saturated heterocycles. The van der Waals surface area contributed by atoms with Gasteiger partial charge in [0.1, 0.15) is 11.6 Å². The maximum absolute atomic E-state index is 14.0. The van der Waals surface area contributed by atoms with Crippen LogP contribution in [-0.4, -0.2) is 35.8 Å². The van der Waals surface area contributed by atoms with Gasteiger partial charge >= 0.3 is 0 Å². The van der Waals surface area contributed by atoms with E-state index in [0.717, 1.165) is 17.2 Å². The molecule has 2 amide bonds. The SMILES string of the molecule is C[C@@H](NC(=O)C1CCN(C(=O)c2ccc(F)cc2F)CC1)C(c1ccccc1)c1ccccc1. The monoisotopic (exact) mass is 462 g/mol. The van der Waals surface area contributed by atoms with E-state index in [1.165, 1.54) is 11.0 Å². The van der Waals surface area contributed by atoms with Gasteiger partial charge in [0.05, 0.1) is 5.56 Å². The Kier molecular flexibility index (Phi) is 7.36.